The van der Waals surface area contributed by atoms with Gasteiger partial charge in [0.15, 0.2) is 11.3 Å². The van der Waals surface area contributed by atoms with Gasteiger partial charge in [0.2, 0.25) is 0 Å². The quantitative estimate of drug-likeness (QED) is 0.0279. The van der Waals surface area contributed by atoms with Gasteiger partial charge in [-0.15, -0.1) is 0 Å². The van der Waals surface area contributed by atoms with Crippen LogP contribution >= 0.6 is 22.6 Å². The van der Waals surface area contributed by atoms with E-state index >= 15 is 0 Å². The van der Waals surface area contributed by atoms with Crippen LogP contribution < -0.4 is 9.80 Å². The first-order valence-electron chi connectivity index (χ1n) is 31.0. The van der Waals surface area contributed by atoms with Gasteiger partial charge in [-0.1, -0.05) is 86.0 Å². The van der Waals surface area contributed by atoms with Gasteiger partial charge >= 0.3 is 12.2 Å². The maximum Gasteiger partial charge on any atom is 0.410 e. The van der Waals surface area contributed by atoms with Crippen molar-refractivity contribution in [2.24, 2.45) is 0 Å². The number of halogens is 2. The highest BCUT2D eigenvalue weighted by atomic mass is 127. The molecule has 0 aliphatic carbocycles. The number of hydrogen-bond acceptors (Lipinski definition) is 16. The van der Waals surface area contributed by atoms with Crippen molar-refractivity contribution < 1.29 is 52.2 Å². The van der Waals surface area contributed by atoms with E-state index in [1.807, 2.05) is 72.6 Å². The molecule has 4 atom stereocenters. The molecule has 26 heteroatoms. The number of amides is 2. The second-order valence-electron chi connectivity index (χ2n) is 30.7. The molecule has 20 nitrogen and oxygen atoms in total. The minimum absolute atomic E-state index is 0. The van der Waals surface area contributed by atoms with Crippen molar-refractivity contribution in [1.29, 1.82) is 0 Å². The van der Waals surface area contributed by atoms with E-state index in [1.165, 1.54) is 0 Å². The fourth-order valence-electron chi connectivity index (χ4n) is 10.8. The average molecular weight is 1400 g/mol. The first kappa shape index (κ1) is 74.4. The smallest absolute Gasteiger partial charge is 0.410 e. The van der Waals surface area contributed by atoms with Crippen LogP contribution in [0.4, 0.5) is 25.9 Å². The first-order chi connectivity index (χ1) is 39.6. The summed E-state index contributed by atoms with van der Waals surface area (Å²) in [4.78, 5) is 44.6. The zero-order valence-electron chi connectivity index (χ0n) is 55.3. The number of aromatic nitrogens is 6. The molecule has 4 aromatic rings. The molecule has 8 heterocycles. The van der Waals surface area contributed by atoms with Crippen LogP contribution in [0.1, 0.15) is 97.9 Å². The number of hydrogen-bond donors (Lipinski definition) is 0. The van der Waals surface area contributed by atoms with Crippen LogP contribution in [0.15, 0.2) is 30.6 Å². The molecular formula is C61H110FIN10O10Si4. The van der Waals surface area contributed by atoms with Crippen LogP contribution in [-0.4, -0.2) is 199 Å². The number of nitrogens with zero attached hydrogens (tertiary/aromatic N) is 10. The van der Waals surface area contributed by atoms with Crippen molar-refractivity contribution in [3.63, 3.8) is 0 Å². The lowest BCUT2D eigenvalue weighted by Gasteiger charge is -2.48. The Morgan fingerprint density at radius 3 is 1.25 bits per heavy atom. The van der Waals surface area contributed by atoms with Gasteiger partial charge in [0.05, 0.1) is 66.6 Å². The van der Waals surface area contributed by atoms with E-state index in [-0.39, 0.29) is 60.3 Å². The van der Waals surface area contributed by atoms with Gasteiger partial charge in [-0.2, -0.15) is 19.2 Å². The summed E-state index contributed by atoms with van der Waals surface area (Å²) in [6.45, 7) is 46.5. The Kier molecular flexibility index (Phi) is 26.8. The number of morpholine rings is 2. The standard InChI is InChI=1S/C30H52IN5O5Si2.C30H53N5O5Si2.CH4.FH/c1-30(2,3)41-29(37)35-23-14-22(15-24(35)19-40-18-23)26-16-27(36-28(33-26)25(31)17-32-36)34(20-38-10-12-42(4,5)6)21-39-11-13-43(7,8)9;1-30(2,3)40-29(36)34-24-16-23(17-25(34)20-39-19-24)26-18-28(35-27(32-26)10-11-31-35)33(21-37-12-14-41(4,5)6)22-38-13-15-42(7,8)9;;/h16-17,22-24H,10-15,18-21H2,1-9H3;10-11,18,23-25H,12-17,19-22H2,1-9H3;1H4;1H. The van der Waals surface area contributed by atoms with Gasteiger partial charge in [-0.05, 0) is 114 Å². The minimum Gasteiger partial charge on any atom is -0.444 e. The van der Waals surface area contributed by atoms with E-state index in [0.717, 1.165) is 114 Å². The van der Waals surface area contributed by atoms with Gasteiger partial charge in [0.1, 0.15) is 49.8 Å². The Bertz CT molecular complexity index is 2740. The number of anilines is 2. The molecule has 4 aliphatic heterocycles. The molecular weight excluding hydrogens is 1290 g/mol. The van der Waals surface area contributed by atoms with Crippen LogP contribution in [0, 0.1) is 3.57 Å². The topological polar surface area (TPSA) is 181 Å². The summed E-state index contributed by atoms with van der Waals surface area (Å²) in [6, 6.07) is 10.5. The molecule has 494 valence electrons. The lowest BCUT2D eigenvalue weighted by molar-refractivity contribution is -0.0830. The van der Waals surface area contributed by atoms with Crippen LogP contribution in [0.3, 0.4) is 0 Å². The molecule has 2 amide bonds. The molecule has 4 bridgehead atoms. The van der Waals surface area contributed by atoms with Gasteiger partial charge in [-0.25, -0.2) is 19.6 Å². The molecule has 4 unspecified atom stereocenters. The molecule has 0 radical (unpaired) electrons. The molecule has 4 saturated heterocycles. The second kappa shape index (κ2) is 31.3. The van der Waals surface area contributed by atoms with Crippen LogP contribution in [0.5, 0.6) is 0 Å². The highest BCUT2D eigenvalue weighted by Gasteiger charge is 2.46. The van der Waals surface area contributed by atoms with Gasteiger partial charge in [-0.3, -0.25) is 14.5 Å². The molecule has 0 aromatic carbocycles. The second-order valence-corrected chi connectivity index (χ2v) is 54.3. The van der Waals surface area contributed by atoms with Crippen LogP contribution in [0.25, 0.3) is 11.3 Å². The van der Waals surface area contributed by atoms with Crippen molar-refractivity contribution in [1.82, 2.24) is 39.0 Å². The van der Waals surface area contributed by atoms with E-state index in [0.29, 0.717) is 53.4 Å². The Labute approximate surface area is 537 Å². The zero-order valence-corrected chi connectivity index (χ0v) is 61.5. The Morgan fingerprint density at radius 1 is 0.563 bits per heavy atom. The van der Waals surface area contributed by atoms with Gasteiger partial charge < -0.3 is 47.7 Å². The third kappa shape index (κ3) is 22.8. The summed E-state index contributed by atoms with van der Waals surface area (Å²) in [5, 5.41) is 9.32. The van der Waals surface area contributed by atoms with Crippen LogP contribution in [-0.2, 0) is 37.9 Å². The van der Waals surface area contributed by atoms with Gasteiger partial charge in [0.25, 0.3) is 0 Å². The average Bonchev–Trinajstić information content (AvgIpc) is 1.86. The fraction of sp³-hybridized carbons (Fsp3) is 0.770. The fourth-order valence-corrected chi connectivity index (χ4v) is 14.3. The van der Waals surface area contributed by atoms with Crippen molar-refractivity contribution in [2.75, 3.05) is 89.6 Å². The predicted octanol–water partition coefficient (Wildman–Crippen LogP) is 13.5. The summed E-state index contributed by atoms with van der Waals surface area (Å²) >= 11 is 2.31. The molecule has 87 heavy (non-hydrogen) atoms. The summed E-state index contributed by atoms with van der Waals surface area (Å²) < 4.78 is 53.1. The number of carbonyl (C=O) groups excluding carboxylic acids is 2. The van der Waals surface area contributed by atoms with E-state index in [1.54, 1.807) is 6.20 Å². The third-order valence-electron chi connectivity index (χ3n) is 15.5. The summed E-state index contributed by atoms with van der Waals surface area (Å²) in [5.41, 5.74) is 2.57. The highest BCUT2D eigenvalue weighted by Crippen LogP contribution is 2.41. The molecule has 0 N–H and O–H groups in total. The van der Waals surface area contributed by atoms with Crippen molar-refractivity contribution in [3.8, 4) is 0 Å². The number of fused-ring (bicyclic) bond motifs is 6. The van der Waals surface area contributed by atoms with E-state index in [2.05, 4.69) is 128 Å². The zero-order chi connectivity index (χ0) is 62.3. The largest absolute Gasteiger partial charge is 0.444 e. The molecule has 0 spiro atoms. The molecule has 4 aromatic heterocycles. The lowest BCUT2D eigenvalue weighted by Crippen LogP contribution is -2.59. The monoisotopic (exact) mass is 1400 g/mol. The predicted molar refractivity (Wildman–Crippen MR) is 366 cm³/mol. The van der Waals surface area contributed by atoms with E-state index in [4.69, 9.17) is 53.0 Å². The normalized spacial score (nSPS) is 21.0. The Balaban J connectivity index is 0.000000310. The molecule has 8 rings (SSSR count). The Hall–Kier alpha value is -3.33. The Morgan fingerprint density at radius 2 is 0.908 bits per heavy atom. The number of rotatable bonds is 24. The van der Waals surface area contributed by atoms with Crippen molar-refractivity contribution in [3.05, 3.63) is 45.6 Å². The molecule has 0 saturated carbocycles. The van der Waals surface area contributed by atoms with E-state index in [9.17, 15) is 9.59 Å². The number of ether oxygens (including phenoxy) is 8. The van der Waals surface area contributed by atoms with Crippen LogP contribution in [0.2, 0.25) is 103 Å². The lowest BCUT2D eigenvalue weighted by atomic mass is 9.83. The highest BCUT2D eigenvalue weighted by molar-refractivity contribution is 14.1. The molecule has 4 aliphatic rings. The number of piperidine rings is 2. The molecule has 4 fully saturated rings. The number of carbonyl (C=O) groups is 2. The first-order valence-corrected chi connectivity index (χ1v) is 46.9. The van der Waals surface area contributed by atoms with Crippen molar-refractivity contribution in [2.45, 2.75) is 225 Å². The summed E-state index contributed by atoms with van der Waals surface area (Å²) in [5.74, 6) is 2.19. The SMILES string of the molecule is C.CC(C)(C)OC(=O)N1C2COCC1CC(c1cc(N(COCC[Si](C)(C)C)COCC[Si](C)(C)C)n3ncc(I)c3n1)C2.CC(C)(C)OC(=O)N1C2COCC1CC(c1cc(N(COCC[Si](C)(C)C)COCC[Si](C)(C)C)n3nccc3n1)C2.F. The minimum atomic E-state index is -1.22. The maximum absolute atomic E-state index is 13.2. The van der Waals surface area contributed by atoms with Crippen molar-refractivity contribution >= 4 is 90.0 Å². The third-order valence-corrected chi connectivity index (χ3v) is 23.1. The van der Waals surface area contributed by atoms with Gasteiger partial charge in [0, 0.05) is 100 Å². The van der Waals surface area contributed by atoms with E-state index < -0.39 is 43.5 Å². The summed E-state index contributed by atoms with van der Waals surface area (Å²) in [7, 11) is -4.85. The summed E-state index contributed by atoms with van der Waals surface area (Å²) in [6.07, 6.45) is 6.22. The maximum atomic E-state index is 13.2.